The smallest absolute Gasteiger partial charge is 0.244 e. The van der Waals surface area contributed by atoms with Gasteiger partial charge in [0.25, 0.3) is 0 Å². The third-order valence-electron chi connectivity index (χ3n) is 4.87. The van der Waals surface area contributed by atoms with Crippen molar-refractivity contribution in [3.05, 3.63) is 85.1 Å². The molecule has 1 amide bonds. The van der Waals surface area contributed by atoms with Crippen molar-refractivity contribution in [3.8, 4) is 5.75 Å². The molecular formula is C24H22N2O4S. The highest BCUT2D eigenvalue weighted by molar-refractivity contribution is 7.91. The van der Waals surface area contributed by atoms with Gasteiger partial charge in [-0.2, -0.15) is 0 Å². The molecule has 0 saturated heterocycles. The number of rotatable bonds is 7. The molecule has 7 heteroatoms. The molecule has 3 aromatic carbocycles. The van der Waals surface area contributed by atoms with Gasteiger partial charge in [-0.05, 0) is 37.3 Å². The first-order valence-electron chi connectivity index (χ1n) is 9.90. The fraction of sp³-hybridized carbons (Fsp3) is 0.125. The normalized spacial score (nSPS) is 11.4. The number of nitrogens with zero attached hydrogens (tertiary/aromatic N) is 1. The van der Waals surface area contributed by atoms with Crippen molar-refractivity contribution in [2.75, 3.05) is 11.9 Å². The fourth-order valence-corrected chi connectivity index (χ4v) is 4.98. The molecule has 0 aliphatic carbocycles. The lowest BCUT2D eigenvalue weighted by Crippen LogP contribution is -2.18. The Morgan fingerprint density at radius 1 is 0.935 bits per heavy atom. The van der Waals surface area contributed by atoms with Crippen molar-refractivity contribution in [2.45, 2.75) is 23.3 Å². The minimum absolute atomic E-state index is 0.0364. The molecule has 158 valence electrons. The van der Waals surface area contributed by atoms with Gasteiger partial charge in [0.05, 0.1) is 22.1 Å². The molecule has 4 rings (SSSR count). The fourth-order valence-electron chi connectivity index (χ4n) is 3.48. The van der Waals surface area contributed by atoms with Crippen molar-refractivity contribution in [3.63, 3.8) is 0 Å². The summed E-state index contributed by atoms with van der Waals surface area (Å²) < 4.78 is 33.7. The van der Waals surface area contributed by atoms with E-state index in [-0.39, 0.29) is 22.2 Å². The Bertz CT molecular complexity index is 1330. The Kier molecular flexibility index (Phi) is 5.77. The van der Waals surface area contributed by atoms with Crippen molar-refractivity contribution in [2.24, 2.45) is 0 Å². The lowest BCUT2D eigenvalue weighted by molar-refractivity contribution is -0.116. The number of amides is 1. The maximum Gasteiger partial charge on any atom is 0.244 e. The van der Waals surface area contributed by atoms with Crippen LogP contribution >= 0.6 is 0 Å². The number of hydrogen-bond acceptors (Lipinski definition) is 4. The molecule has 0 fully saturated rings. The molecule has 6 nitrogen and oxygen atoms in total. The molecule has 0 unspecified atom stereocenters. The molecule has 4 aromatic rings. The lowest BCUT2D eigenvalue weighted by atomic mass is 10.2. The number of fused-ring (bicyclic) bond motifs is 1. The molecule has 0 bridgehead atoms. The second-order valence-electron chi connectivity index (χ2n) is 6.93. The van der Waals surface area contributed by atoms with E-state index in [2.05, 4.69) is 5.32 Å². The maximum atomic E-state index is 13.2. The van der Waals surface area contributed by atoms with Crippen LogP contribution in [0.1, 0.15) is 6.92 Å². The highest BCUT2D eigenvalue weighted by Crippen LogP contribution is 2.30. The molecule has 1 heterocycles. The van der Waals surface area contributed by atoms with E-state index in [9.17, 15) is 13.2 Å². The predicted octanol–water partition coefficient (Wildman–Crippen LogP) is 4.51. The number of para-hydroxylation sites is 3. The standard InChI is InChI=1S/C24H22N2O4S/c1-2-30-22-15-9-7-13-20(22)25-24(27)17-26-16-23(19-12-6-8-14-21(19)26)31(28,29)18-10-4-3-5-11-18/h3-16H,2,17H2,1H3,(H,25,27). The van der Waals surface area contributed by atoms with E-state index in [4.69, 9.17) is 4.74 Å². The summed E-state index contributed by atoms with van der Waals surface area (Å²) in [5.74, 6) is 0.305. The second-order valence-corrected chi connectivity index (χ2v) is 8.85. The van der Waals surface area contributed by atoms with Crippen LogP contribution in [0.3, 0.4) is 0 Å². The summed E-state index contributed by atoms with van der Waals surface area (Å²) in [5, 5.41) is 3.43. The summed E-state index contributed by atoms with van der Waals surface area (Å²) in [4.78, 5) is 13.2. The van der Waals surface area contributed by atoms with E-state index in [1.165, 1.54) is 6.20 Å². The van der Waals surface area contributed by atoms with Crippen LogP contribution in [-0.4, -0.2) is 25.5 Å². The van der Waals surface area contributed by atoms with Crippen LogP contribution in [-0.2, 0) is 21.2 Å². The van der Waals surface area contributed by atoms with Crippen molar-refractivity contribution in [1.29, 1.82) is 0 Å². The van der Waals surface area contributed by atoms with E-state index < -0.39 is 9.84 Å². The molecule has 0 spiro atoms. The molecular weight excluding hydrogens is 412 g/mol. The Balaban J connectivity index is 1.68. The molecule has 1 N–H and O–H groups in total. The zero-order valence-corrected chi connectivity index (χ0v) is 17.8. The summed E-state index contributed by atoms with van der Waals surface area (Å²) >= 11 is 0. The molecule has 0 aliphatic rings. The summed E-state index contributed by atoms with van der Waals surface area (Å²) in [6.07, 6.45) is 1.53. The van der Waals surface area contributed by atoms with Gasteiger partial charge in [0.1, 0.15) is 12.3 Å². The van der Waals surface area contributed by atoms with Crippen LogP contribution in [0.15, 0.2) is 94.9 Å². The van der Waals surface area contributed by atoms with Gasteiger partial charge in [0.2, 0.25) is 15.7 Å². The zero-order valence-electron chi connectivity index (χ0n) is 17.0. The van der Waals surface area contributed by atoms with Crippen LogP contribution in [0.25, 0.3) is 10.9 Å². The SMILES string of the molecule is CCOc1ccccc1NC(=O)Cn1cc(S(=O)(=O)c2ccccc2)c2ccccc21. The van der Waals surface area contributed by atoms with E-state index in [0.29, 0.717) is 28.9 Å². The summed E-state index contributed by atoms with van der Waals surface area (Å²) in [6.45, 7) is 2.32. The maximum absolute atomic E-state index is 13.2. The van der Waals surface area contributed by atoms with Gasteiger partial charge in [-0.3, -0.25) is 4.79 Å². The van der Waals surface area contributed by atoms with Crippen molar-refractivity contribution in [1.82, 2.24) is 4.57 Å². The van der Waals surface area contributed by atoms with E-state index in [0.717, 1.165) is 0 Å². The summed E-state index contributed by atoms with van der Waals surface area (Å²) in [7, 11) is -3.73. The highest BCUT2D eigenvalue weighted by Gasteiger charge is 2.23. The number of sulfone groups is 1. The van der Waals surface area contributed by atoms with Gasteiger partial charge < -0.3 is 14.6 Å². The molecule has 0 aliphatic heterocycles. The van der Waals surface area contributed by atoms with Gasteiger partial charge in [0, 0.05) is 17.1 Å². The first-order valence-corrected chi connectivity index (χ1v) is 11.4. The van der Waals surface area contributed by atoms with Gasteiger partial charge in [-0.25, -0.2) is 8.42 Å². The highest BCUT2D eigenvalue weighted by atomic mass is 32.2. The third kappa shape index (κ3) is 4.18. The van der Waals surface area contributed by atoms with Gasteiger partial charge >= 0.3 is 0 Å². The van der Waals surface area contributed by atoms with E-state index >= 15 is 0 Å². The Morgan fingerprint density at radius 2 is 1.61 bits per heavy atom. The number of anilines is 1. The Hall–Kier alpha value is -3.58. The molecule has 31 heavy (non-hydrogen) atoms. The minimum Gasteiger partial charge on any atom is -0.492 e. The number of benzene rings is 3. The summed E-state index contributed by atoms with van der Waals surface area (Å²) in [6, 6.07) is 22.7. The number of nitrogens with one attached hydrogen (secondary N) is 1. The zero-order chi connectivity index (χ0) is 21.8. The molecule has 0 saturated carbocycles. The average Bonchev–Trinajstić information content (AvgIpc) is 3.15. The number of ether oxygens (including phenoxy) is 1. The largest absolute Gasteiger partial charge is 0.492 e. The van der Waals surface area contributed by atoms with Gasteiger partial charge in [-0.15, -0.1) is 0 Å². The number of carbonyl (C=O) groups excluding carboxylic acids is 1. The Labute approximate surface area is 181 Å². The van der Waals surface area contributed by atoms with Crippen molar-refractivity contribution >= 4 is 32.3 Å². The van der Waals surface area contributed by atoms with E-state index in [1.54, 1.807) is 65.2 Å². The number of carbonyl (C=O) groups is 1. The first-order chi connectivity index (χ1) is 15.0. The Morgan fingerprint density at radius 3 is 2.39 bits per heavy atom. The first kappa shape index (κ1) is 20.7. The van der Waals surface area contributed by atoms with Crippen LogP contribution in [0.2, 0.25) is 0 Å². The van der Waals surface area contributed by atoms with Crippen molar-refractivity contribution < 1.29 is 17.9 Å². The molecule has 0 radical (unpaired) electrons. The molecule has 0 atom stereocenters. The van der Waals surface area contributed by atoms with Crippen LogP contribution in [0.4, 0.5) is 5.69 Å². The van der Waals surface area contributed by atoms with Crippen LogP contribution < -0.4 is 10.1 Å². The third-order valence-corrected chi connectivity index (χ3v) is 6.67. The van der Waals surface area contributed by atoms with Crippen LogP contribution in [0, 0.1) is 0 Å². The van der Waals surface area contributed by atoms with Crippen LogP contribution in [0.5, 0.6) is 5.75 Å². The minimum atomic E-state index is -3.73. The second kappa shape index (κ2) is 8.65. The number of aromatic nitrogens is 1. The van der Waals surface area contributed by atoms with E-state index in [1.807, 2.05) is 25.1 Å². The monoisotopic (exact) mass is 434 g/mol. The average molecular weight is 435 g/mol. The van der Waals surface area contributed by atoms with Gasteiger partial charge in [-0.1, -0.05) is 48.5 Å². The van der Waals surface area contributed by atoms with Gasteiger partial charge in [0.15, 0.2) is 0 Å². The lowest BCUT2D eigenvalue weighted by Gasteiger charge is -2.12. The summed E-state index contributed by atoms with van der Waals surface area (Å²) in [5.41, 5.74) is 1.24. The number of hydrogen-bond donors (Lipinski definition) is 1. The molecule has 1 aromatic heterocycles. The topological polar surface area (TPSA) is 77.4 Å². The predicted molar refractivity (Wildman–Crippen MR) is 120 cm³/mol. The quantitative estimate of drug-likeness (QED) is 0.464.